The third kappa shape index (κ3) is 3.45. The molecule has 0 bridgehead atoms. The van der Waals surface area contributed by atoms with Crippen molar-refractivity contribution in [1.82, 2.24) is 4.90 Å². The lowest BCUT2D eigenvalue weighted by atomic mass is 9.82. The minimum absolute atomic E-state index is 0.169. The van der Waals surface area contributed by atoms with Gasteiger partial charge in [-0.1, -0.05) is 13.8 Å². The SMILES string of the molecule is CC(C)C1CC(C(=O)O)CN(C(=O)CC#N)C1. The smallest absolute Gasteiger partial charge is 0.308 e. The van der Waals surface area contributed by atoms with Crippen molar-refractivity contribution in [2.75, 3.05) is 13.1 Å². The Kier molecular flexibility index (Phi) is 4.50. The third-order valence-electron chi connectivity index (χ3n) is 3.36. The summed E-state index contributed by atoms with van der Waals surface area (Å²) in [4.78, 5) is 24.2. The summed E-state index contributed by atoms with van der Waals surface area (Å²) in [6, 6.07) is 1.81. The molecule has 1 N–H and O–H groups in total. The Labute approximate surface area is 101 Å². The van der Waals surface area contributed by atoms with E-state index in [0.717, 1.165) is 0 Å². The Morgan fingerprint density at radius 2 is 2.12 bits per heavy atom. The van der Waals surface area contributed by atoms with Crippen LogP contribution in [0.4, 0.5) is 0 Å². The maximum Gasteiger partial charge on any atom is 0.308 e. The number of amides is 1. The highest BCUT2D eigenvalue weighted by molar-refractivity contribution is 5.79. The first-order chi connectivity index (χ1) is 7.95. The number of nitrogens with zero attached hydrogens (tertiary/aromatic N) is 2. The molecule has 2 unspecified atom stereocenters. The van der Waals surface area contributed by atoms with E-state index in [2.05, 4.69) is 0 Å². The van der Waals surface area contributed by atoms with Gasteiger partial charge >= 0.3 is 5.97 Å². The highest BCUT2D eigenvalue weighted by Crippen LogP contribution is 2.28. The Bertz CT molecular complexity index is 346. The van der Waals surface area contributed by atoms with Crippen LogP contribution in [-0.4, -0.2) is 35.0 Å². The van der Waals surface area contributed by atoms with Crippen molar-refractivity contribution in [2.45, 2.75) is 26.7 Å². The summed E-state index contributed by atoms with van der Waals surface area (Å²) in [7, 11) is 0. The molecule has 2 atom stereocenters. The van der Waals surface area contributed by atoms with Crippen molar-refractivity contribution in [1.29, 1.82) is 5.26 Å². The number of carbonyl (C=O) groups excluding carboxylic acids is 1. The van der Waals surface area contributed by atoms with Crippen LogP contribution in [0.3, 0.4) is 0 Å². The topological polar surface area (TPSA) is 81.4 Å². The molecule has 1 aliphatic heterocycles. The van der Waals surface area contributed by atoms with Crippen LogP contribution in [0, 0.1) is 29.1 Å². The minimum atomic E-state index is -0.856. The zero-order valence-electron chi connectivity index (χ0n) is 10.2. The Morgan fingerprint density at radius 1 is 1.47 bits per heavy atom. The Morgan fingerprint density at radius 3 is 2.59 bits per heavy atom. The molecule has 1 amide bonds. The van der Waals surface area contributed by atoms with Gasteiger partial charge in [0.25, 0.3) is 0 Å². The Balaban J connectivity index is 2.75. The molecule has 1 fully saturated rings. The number of hydrogen-bond acceptors (Lipinski definition) is 3. The zero-order chi connectivity index (χ0) is 13.0. The molecule has 1 aliphatic rings. The molecule has 0 saturated carbocycles. The van der Waals surface area contributed by atoms with Crippen molar-refractivity contribution in [3.8, 4) is 6.07 Å². The molecule has 0 aliphatic carbocycles. The molecule has 1 rings (SSSR count). The maximum absolute atomic E-state index is 11.6. The van der Waals surface area contributed by atoms with Crippen LogP contribution in [0.15, 0.2) is 0 Å². The van der Waals surface area contributed by atoms with Crippen molar-refractivity contribution in [3.63, 3.8) is 0 Å². The van der Waals surface area contributed by atoms with E-state index in [9.17, 15) is 9.59 Å². The van der Waals surface area contributed by atoms with Crippen LogP contribution in [-0.2, 0) is 9.59 Å². The van der Waals surface area contributed by atoms with E-state index >= 15 is 0 Å². The van der Waals surface area contributed by atoms with Gasteiger partial charge in [-0.15, -0.1) is 0 Å². The van der Waals surface area contributed by atoms with E-state index in [1.807, 2.05) is 19.9 Å². The van der Waals surface area contributed by atoms with Gasteiger partial charge in [-0.25, -0.2) is 0 Å². The van der Waals surface area contributed by atoms with Gasteiger partial charge in [-0.3, -0.25) is 9.59 Å². The molecule has 0 aromatic rings. The monoisotopic (exact) mass is 238 g/mol. The molecule has 0 spiro atoms. The number of rotatable bonds is 3. The first kappa shape index (κ1) is 13.5. The molecule has 5 heteroatoms. The fourth-order valence-electron chi connectivity index (χ4n) is 2.18. The highest BCUT2D eigenvalue weighted by atomic mass is 16.4. The molecule has 5 nitrogen and oxygen atoms in total. The van der Waals surface area contributed by atoms with Crippen molar-refractivity contribution in [3.05, 3.63) is 0 Å². The number of carbonyl (C=O) groups is 2. The van der Waals surface area contributed by atoms with Gasteiger partial charge in [0, 0.05) is 13.1 Å². The van der Waals surface area contributed by atoms with Crippen LogP contribution in [0.2, 0.25) is 0 Å². The molecule has 94 valence electrons. The molecule has 0 aromatic carbocycles. The van der Waals surface area contributed by atoms with Crippen LogP contribution in [0.1, 0.15) is 26.7 Å². The van der Waals surface area contributed by atoms with Gasteiger partial charge in [-0.2, -0.15) is 5.26 Å². The average molecular weight is 238 g/mol. The number of piperidine rings is 1. The molecule has 0 aromatic heterocycles. The number of nitriles is 1. The summed E-state index contributed by atoms with van der Waals surface area (Å²) in [6.07, 6.45) is 0.445. The predicted octanol–water partition coefficient (Wildman–Crippen LogP) is 1.11. The number of aliphatic carboxylic acids is 1. The summed E-state index contributed by atoms with van der Waals surface area (Å²) in [5, 5.41) is 17.6. The predicted molar refractivity (Wildman–Crippen MR) is 60.9 cm³/mol. The van der Waals surface area contributed by atoms with E-state index in [4.69, 9.17) is 10.4 Å². The summed E-state index contributed by atoms with van der Waals surface area (Å²) < 4.78 is 0. The van der Waals surface area contributed by atoms with E-state index in [0.29, 0.717) is 18.9 Å². The summed E-state index contributed by atoms with van der Waals surface area (Å²) >= 11 is 0. The second-order valence-electron chi connectivity index (χ2n) is 4.91. The maximum atomic E-state index is 11.6. The lowest BCUT2D eigenvalue weighted by molar-refractivity contribution is -0.147. The van der Waals surface area contributed by atoms with Gasteiger partial charge in [0.1, 0.15) is 6.42 Å². The van der Waals surface area contributed by atoms with Gasteiger partial charge < -0.3 is 10.0 Å². The van der Waals surface area contributed by atoms with Gasteiger partial charge in [0.05, 0.1) is 12.0 Å². The van der Waals surface area contributed by atoms with Crippen LogP contribution in [0.25, 0.3) is 0 Å². The lowest BCUT2D eigenvalue weighted by Crippen LogP contribution is -2.47. The fraction of sp³-hybridized carbons (Fsp3) is 0.750. The van der Waals surface area contributed by atoms with Crippen molar-refractivity contribution < 1.29 is 14.7 Å². The van der Waals surface area contributed by atoms with Gasteiger partial charge in [0.2, 0.25) is 5.91 Å². The average Bonchev–Trinajstić information content (AvgIpc) is 2.28. The van der Waals surface area contributed by atoms with Gasteiger partial charge in [-0.05, 0) is 18.3 Å². The minimum Gasteiger partial charge on any atom is -0.481 e. The lowest BCUT2D eigenvalue weighted by Gasteiger charge is -2.37. The fourth-order valence-corrected chi connectivity index (χ4v) is 2.18. The first-order valence-electron chi connectivity index (χ1n) is 5.83. The second-order valence-corrected chi connectivity index (χ2v) is 4.91. The molecule has 1 heterocycles. The van der Waals surface area contributed by atoms with Gasteiger partial charge in [0.15, 0.2) is 0 Å². The first-order valence-corrected chi connectivity index (χ1v) is 5.83. The number of carboxylic acids is 1. The van der Waals surface area contributed by atoms with Crippen LogP contribution in [0.5, 0.6) is 0 Å². The summed E-state index contributed by atoms with van der Waals surface area (Å²) in [6.45, 7) is 4.87. The number of hydrogen-bond donors (Lipinski definition) is 1. The zero-order valence-corrected chi connectivity index (χ0v) is 10.2. The largest absolute Gasteiger partial charge is 0.481 e. The molecule has 1 saturated heterocycles. The molecule has 17 heavy (non-hydrogen) atoms. The molecular weight excluding hydrogens is 220 g/mol. The third-order valence-corrected chi connectivity index (χ3v) is 3.36. The second kappa shape index (κ2) is 5.67. The van der Waals surface area contributed by atoms with E-state index < -0.39 is 11.9 Å². The summed E-state index contributed by atoms with van der Waals surface area (Å²) in [5.41, 5.74) is 0. The standard InChI is InChI=1S/C12H18N2O3/c1-8(2)9-5-10(12(16)17)7-14(6-9)11(15)3-4-13/h8-10H,3,5-7H2,1-2H3,(H,16,17). The Hall–Kier alpha value is -1.57. The quantitative estimate of drug-likeness (QED) is 0.798. The van der Waals surface area contributed by atoms with Crippen LogP contribution < -0.4 is 0 Å². The van der Waals surface area contributed by atoms with Crippen molar-refractivity contribution >= 4 is 11.9 Å². The van der Waals surface area contributed by atoms with E-state index in [1.54, 1.807) is 0 Å². The van der Waals surface area contributed by atoms with E-state index in [-0.39, 0.29) is 24.8 Å². The molecular formula is C12H18N2O3. The van der Waals surface area contributed by atoms with Crippen LogP contribution >= 0.6 is 0 Å². The normalized spacial score (nSPS) is 24.5. The number of likely N-dealkylation sites (tertiary alicyclic amines) is 1. The number of carboxylic acid groups (broad SMARTS) is 1. The van der Waals surface area contributed by atoms with E-state index in [1.165, 1.54) is 4.90 Å². The highest BCUT2D eigenvalue weighted by Gasteiger charge is 2.34. The molecule has 0 radical (unpaired) electrons. The van der Waals surface area contributed by atoms with Crippen molar-refractivity contribution in [2.24, 2.45) is 17.8 Å². The summed E-state index contributed by atoms with van der Waals surface area (Å²) in [5.74, 6) is -1.07.